The first-order valence-corrected chi connectivity index (χ1v) is 7.68. The zero-order valence-electron chi connectivity index (χ0n) is 12.5. The maximum atomic E-state index is 8.89. The van der Waals surface area contributed by atoms with E-state index in [0.29, 0.717) is 0 Å². The number of carboxylic acid groups (broad SMARTS) is 1. The zero-order valence-corrected chi connectivity index (χ0v) is 12.5. The minimum atomic E-state index is -1.08. The summed E-state index contributed by atoms with van der Waals surface area (Å²) in [6, 6.07) is 0. The van der Waals surface area contributed by atoms with Crippen LogP contribution >= 0.6 is 0 Å². The van der Waals surface area contributed by atoms with Crippen LogP contribution in [0.1, 0.15) is 58.8 Å². The average molecular weight is 268 g/mol. The van der Waals surface area contributed by atoms with Crippen LogP contribution in [0.5, 0.6) is 0 Å². The van der Waals surface area contributed by atoms with Crippen LogP contribution < -0.4 is 5.11 Å². The molecule has 0 aromatic rings. The lowest BCUT2D eigenvalue weighted by Gasteiger charge is -2.42. The summed E-state index contributed by atoms with van der Waals surface area (Å²) in [5.41, 5.74) is 0. The molecule has 0 unspecified atom stereocenters. The van der Waals surface area contributed by atoms with Crippen molar-refractivity contribution in [1.29, 1.82) is 0 Å². The van der Waals surface area contributed by atoms with Crippen molar-refractivity contribution in [2.24, 2.45) is 4.99 Å². The SMILES string of the molecule is CC(=O)[O-].CCC1=NCCCCC[N+]12CCCCC2. The molecular formula is C15H28N2O2. The van der Waals surface area contributed by atoms with E-state index in [0.717, 1.165) is 13.5 Å². The number of carbonyl (C=O) groups excluding carboxylic acids is 1. The molecule has 0 bridgehead atoms. The second-order valence-electron chi connectivity index (χ2n) is 5.58. The molecule has 1 fully saturated rings. The predicted molar refractivity (Wildman–Crippen MR) is 75.8 cm³/mol. The van der Waals surface area contributed by atoms with Gasteiger partial charge in [-0.15, -0.1) is 0 Å². The Morgan fingerprint density at radius 2 is 1.58 bits per heavy atom. The van der Waals surface area contributed by atoms with Gasteiger partial charge < -0.3 is 9.90 Å². The number of rotatable bonds is 1. The minimum Gasteiger partial charge on any atom is -0.550 e. The first kappa shape index (κ1) is 16.2. The summed E-state index contributed by atoms with van der Waals surface area (Å²) in [5.74, 6) is 0.425. The maximum Gasteiger partial charge on any atom is 0.197 e. The highest BCUT2D eigenvalue weighted by atomic mass is 16.4. The zero-order chi connectivity index (χ0) is 14.1. The van der Waals surface area contributed by atoms with Crippen LogP contribution in [-0.4, -0.2) is 42.5 Å². The van der Waals surface area contributed by atoms with Crippen LogP contribution in [0.2, 0.25) is 0 Å². The van der Waals surface area contributed by atoms with Gasteiger partial charge in [-0.25, -0.2) is 4.99 Å². The van der Waals surface area contributed by atoms with Gasteiger partial charge in [0.25, 0.3) is 0 Å². The Balaban J connectivity index is 0.000000399. The summed E-state index contributed by atoms with van der Waals surface area (Å²) < 4.78 is 1.26. The van der Waals surface area contributed by atoms with Crippen molar-refractivity contribution >= 4 is 11.8 Å². The normalized spacial score (nSPS) is 22.5. The van der Waals surface area contributed by atoms with Crippen LogP contribution in [0.4, 0.5) is 0 Å². The molecule has 2 heterocycles. The molecule has 2 aliphatic rings. The average Bonchev–Trinajstić information content (AvgIpc) is 2.36. The number of hydrogen-bond acceptors (Lipinski definition) is 3. The smallest absolute Gasteiger partial charge is 0.197 e. The Hall–Kier alpha value is -0.900. The van der Waals surface area contributed by atoms with Gasteiger partial charge in [0, 0.05) is 18.9 Å². The van der Waals surface area contributed by atoms with Gasteiger partial charge in [-0.1, -0.05) is 6.92 Å². The third kappa shape index (κ3) is 5.31. The lowest BCUT2D eigenvalue weighted by molar-refractivity contribution is -0.849. The van der Waals surface area contributed by atoms with Gasteiger partial charge in [0.15, 0.2) is 5.84 Å². The third-order valence-corrected chi connectivity index (χ3v) is 4.07. The Morgan fingerprint density at radius 3 is 2.05 bits per heavy atom. The fraction of sp³-hybridized carbons (Fsp3) is 0.867. The molecule has 1 spiro atoms. The highest BCUT2D eigenvalue weighted by Crippen LogP contribution is 2.24. The summed E-state index contributed by atoms with van der Waals surface area (Å²) in [5, 5.41) is 8.89. The van der Waals surface area contributed by atoms with Crippen molar-refractivity contribution in [3.8, 4) is 0 Å². The van der Waals surface area contributed by atoms with Crippen molar-refractivity contribution in [3.63, 3.8) is 0 Å². The number of aliphatic imine (C=N–C) groups is 1. The summed E-state index contributed by atoms with van der Waals surface area (Å²) >= 11 is 0. The standard InChI is InChI=1S/C13H25N2.C2H4O2/c1-2-13-14-9-5-3-6-10-15(13)11-7-4-8-12-15;1-2(3)4/h2-12H2,1H3;1H3,(H,3,4)/q+1;/p-1. The van der Waals surface area contributed by atoms with Crippen molar-refractivity contribution in [3.05, 3.63) is 0 Å². The number of piperidine rings is 1. The molecule has 19 heavy (non-hydrogen) atoms. The van der Waals surface area contributed by atoms with E-state index in [2.05, 4.69) is 6.92 Å². The highest BCUT2D eigenvalue weighted by molar-refractivity contribution is 5.75. The van der Waals surface area contributed by atoms with E-state index in [1.54, 1.807) is 0 Å². The summed E-state index contributed by atoms with van der Waals surface area (Å²) in [6.07, 6.45) is 9.55. The van der Waals surface area contributed by atoms with E-state index in [1.165, 1.54) is 74.9 Å². The fourth-order valence-corrected chi connectivity index (χ4v) is 3.24. The monoisotopic (exact) mass is 268 g/mol. The number of nitrogens with zero attached hydrogens (tertiary/aromatic N) is 2. The lowest BCUT2D eigenvalue weighted by Crippen LogP contribution is -2.56. The van der Waals surface area contributed by atoms with E-state index in [-0.39, 0.29) is 0 Å². The van der Waals surface area contributed by atoms with Gasteiger partial charge in [0.1, 0.15) is 0 Å². The fourth-order valence-electron chi connectivity index (χ4n) is 3.24. The largest absolute Gasteiger partial charge is 0.550 e. The minimum absolute atomic E-state index is 0.972. The molecule has 0 amide bonds. The highest BCUT2D eigenvalue weighted by Gasteiger charge is 2.34. The topological polar surface area (TPSA) is 52.5 Å². The first-order chi connectivity index (χ1) is 9.10. The quantitative estimate of drug-likeness (QED) is 0.680. The molecule has 0 atom stereocenters. The molecule has 0 aromatic carbocycles. The number of amidine groups is 1. The molecular weight excluding hydrogens is 240 g/mol. The molecule has 4 heteroatoms. The molecule has 2 rings (SSSR count). The summed E-state index contributed by atoms with van der Waals surface area (Å²) in [4.78, 5) is 13.8. The van der Waals surface area contributed by atoms with E-state index in [1.807, 2.05) is 0 Å². The molecule has 0 aliphatic carbocycles. The Labute approximate surface area is 117 Å². The lowest BCUT2D eigenvalue weighted by atomic mass is 10.0. The van der Waals surface area contributed by atoms with E-state index < -0.39 is 5.97 Å². The van der Waals surface area contributed by atoms with Gasteiger partial charge in [0.2, 0.25) is 0 Å². The maximum absolute atomic E-state index is 8.89. The molecule has 1 saturated heterocycles. The van der Waals surface area contributed by atoms with Crippen molar-refractivity contribution < 1.29 is 14.4 Å². The molecule has 2 aliphatic heterocycles. The van der Waals surface area contributed by atoms with Gasteiger partial charge in [-0.05, 0) is 45.4 Å². The molecule has 110 valence electrons. The van der Waals surface area contributed by atoms with Crippen molar-refractivity contribution in [1.82, 2.24) is 0 Å². The van der Waals surface area contributed by atoms with Crippen LogP contribution in [0.15, 0.2) is 4.99 Å². The number of aliphatic carboxylic acids is 1. The van der Waals surface area contributed by atoms with Gasteiger partial charge in [0.05, 0.1) is 19.6 Å². The van der Waals surface area contributed by atoms with Gasteiger partial charge in [-0.2, -0.15) is 0 Å². The van der Waals surface area contributed by atoms with E-state index in [4.69, 9.17) is 14.9 Å². The van der Waals surface area contributed by atoms with Gasteiger partial charge in [-0.3, -0.25) is 4.48 Å². The third-order valence-electron chi connectivity index (χ3n) is 4.07. The number of hydrogen-bond donors (Lipinski definition) is 0. The Morgan fingerprint density at radius 1 is 1.11 bits per heavy atom. The Bertz CT molecular complexity index is 303. The summed E-state index contributed by atoms with van der Waals surface area (Å²) in [7, 11) is 0. The van der Waals surface area contributed by atoms with Crippen molar-refractivity contribution in [2.75, 3.05) is 26.2 Å². The Kier molecular flexibility index (Phi) is 7.06. The summed E-state index contributed by atoms with van der Waals surface area (Å²) in [6.45, 7) is 8.45. The van der Waals surface area contributed by atoms with Crippen LogP contribution in [0.25, 0.3) is 0 Å². The van der Waals surface area contributed by atoms with E-state index >= 15 is 0 Å². The van der Waals surface area contributed by atoms with Gasteiger partial charge >= 0.3 is 0 Å². The molecule has 0 radical (unpaired) electrons. The van der Waals surface area contributed by atoms with Crippen LogP contribution in [0.3, 0.4) is 0 Å². The number of carboxylic acids is 1. The number of carbonyl (C=O) groups is 1. The number of quaternary nitrogens is 1. The molecule has 0 aromatic heterocycles. The van der Waals surface area contributed by atoms with Crippen LogP contribution in [0, 0.1) is 0 Å². The predicted octanol–water partition coefficient (Wildman–Crippen LogP) is 1.74. The second-order valence-corrected chi connectivity index (χ2v) is 5.58. The molecule has 0 saturated carbocycles. The van der Waals surface area contributed by atoms with E-state index in [9.17, 15) is 0 Å². The van der Waals surface area contributed by atoms with Crippen molar-refractivity contribution in [2.45, 2.75) is 58.8 Å². The molecule has 0 N–H and O–H groups in total. The van der Waals surface area contributed by atoms with Crippen LogP contribution in [-0.2, 0) is 4.79 Å². The second kappa shape index (κ2) is 8.31. The molecule has 4 nitrogen and oxygen atoms in total. The first-order valence-electron chi connectivity index (χ1n) is 7.68.